The maximum absolute atomic E-state index is 13.0. The predicted molar refractivity (Wildman–Crippen MR) is 107 cm³/mol. The van der Waals surface area contributed by atoms with Gasteiger partial charge in [0.2, 0.25) is 0 Å². The number of rotatable bonds is 3. The average molecular weight is 374 g/mol. The number of hydrogen-bond acceptors (Lipinski definition) is 3. The van der Waals surface area contributed by atoms with Gasteiger partial charge >= 0.3 is 17.1 Å². The van der Waals surface area contributed by atoms with Crippen LogP contribution in [-0.4, -0.2) is 18.7 Å². The molecule has 0 radical (unpaired) electrons. The molecule has 0 bridgehead atoms. The van der Waals surface area contributed by atoms with Crippen molar-refractivity contribution in [1.29, 1.82) is 0 Å². The van der Waals surface area contributed by atoms with Crippen LogP contribution < -0.4 is 17.1 Å². The maximum atomic E-state index is 13.0. The van der Waals surface area contributed by atoms with Crippen molar-refractivity contribution in [3.63, 3.8) is 0 Å². The number of benzene rings is 2. The molecule has 0 saturated heterocycles. The van der Waals surface area contributed by atoms with Crippen molar-refractivity contribution in [2.45, 2.75) is 13.8 Å². The van der Waals surface area contributed by atoms with E-state index in [1.54, 1.807) is 30.3 Å². The van der Waals surface area contributed by atoms with Crippen LogP contribution in [0.5, 0.6) is 0 Å². The van der Waals surface area contributed by atoms with E-state index in [4.69, 9.17) is 0 Å². The SMILES string of the molecule is Cc1cccc(-n2c(=O)[nH]c(=O)n(-c3ccc(-n4cccc4)c(C)c3)c2=O)c1. The molecule has 2 heterocycles. The first-order valence-corrected chi connectivity index (χ1v) is 8.75. The van der Waals surface area contributed by atoms with Gasteiger partial charge in [-0.05, 0) is 67.4 Å². The lowest BCUT2D eigenvalue weighted by Crippen LogP contribution is -2.48. The summed E-state index contributed by atoms with van der Waals surface area (Å²) in [6.45, 7) is 3.76. The molecule has 4 rings (SSSR count). The van der Waals surface area contributed by atoms with E-state index < -0.39 is 17.1 Å². The van der Waals surface area contributed by atoms with Crippen LogP contribution in [0.1, 0.15) is 11.1 Å². The number of aromatic amines is 1. The summed E-state index contributed by atoms with van der Waals surface area (Å²) in [5.41, 5.74) is 1.26. The van der Waals surface area contributed by atoms with E-state index in [9.17, 15) is 14.4 Å². The molecule has 0 amide bonds. The zero-order valence-electron chi connectivity index (χ0n) is 15.4. The highest BCUT2D eigenvalue weighted by molar-refractivity contribution is 5.48. The van der Waals surface area contributed by atoms with Crippen LogP contribution in [0.15, 0.2) is 81.4 Å². The lowest BCUT2D eigenvalue weighted by molar-refractivity contribution is 0.714. The van der Waals surface area contributed by atoms with Crippen LogP contribution in [0.3, 0.4) is 0 Å². The summed E-state index contributed by atoms with van der Waals surface area (Å²) in [5.74, 6) is 0. The van der Waals surface area contributed by atoms with Gasteiger partial charge in [0.25, 0.3) is 0 Å². The van der Waals surface area contributed by atoms with Gasteiger partial charge in [-0.25, -0.2) is 23.5 Å². The molecule has 4 aromatic rings. The third-order valence-corrected chi connectivity index (χ3v) is 4.58. The zero-order valence-corrected chi connectivity index (χ0v) is 15.4. The van der Waals surface area contributed by atoms with Crippen molar-refractivity contribution in [1.82, 2.24) is 18.7 Å². The normalized spacial score (nSPS) is 10.9. The van der Waals surface area contributed by atoms with Crippen molar-refractivity contribution in [2.75, 3.05) is 0 Å². The number of H-pyrrole nitrogens is 1. The lowest BCUT2D eigenvalue weighted by atomic mass is 10.1. The van der Waals surface area contributed by atoms with Crippen molar-refractivity contribution in [3.05, 3.63) is 110 Å². The standard InChI is InChI=1S/C21H18N4O3/c1-14-6-5-7-16(12-14)24-19(26)22-20(27)25(21(24)28)17-8-9-18(15(2)13-17)23-10-3-4-11-23/h3-13H,1-2H3,(H,22,26,27). The molecular formula is C21H18N4O3. The van der Waals surface area contributed by atoms with Crippen molar-refractivity contribution < 1.29 is 0 Å². The van der Waals surface area contributed by atoms with E-state index in [-0.39, 0.29) is 0 Å². The summed E-state index contributed by atoms with van der Waals surface area (Å²) in [7, 11) is 0. The Hall–Kier alpha value is -3.87. The number of nitrogens with zero attached hydrogens (tertiary/aromatic N) is 3. The monoisotopic (exact) mass is 374 g/mol. The summed E-state index contributed by atoms with van der Waals surface area (Å²) in [4.78, 5) is 40.0. The van der Waals surface area contributed by atoms with Gasteiger partial charge in [-0.15, -0.1) is 0 Å². The molecule has 2 aromatic carbocycles. The minimum absolute atomic E-state index is 0.390. The van der Waals surface area contributed by atoms with E-state index in [0.717, 1.165) is 25.9 Å². The quantitative estimate of drug-likeness (QED) is 0.596. The Morgan fingerprint density at radius 2 is 1.39 bits per heavy atom. The summed E-state index contributed by atoms with van der Waals surface area (Å²) in [6.07, 6.45) is 3.83. The van der Waals surface area contributed by atoms with Crippen LogP contribution in [0.2, 0.25) is 0 Å². The van der Waals surface area contributed by atoms with E-state index in [2.05, 4.69) is 4.98 Å². The molecule has 7 nitrogen and oxygen atoms in total. The molecular weight excluding hydrogens is 356 g/mol. The average Bonchev–Trinajstić information content (AvgIpc) is 3.16. The highest BCUT2D eigenvalue weighted by Gasteiger charge is 2.14. The molecule has 7 heteroatoms. The second-order valence-corrected chi connectivity index (χ2v) is 6.59. The first-order valence-electron chi connectivity index (χ1n) is 8.75. The van der Waals surface area contributed by atoms with Gasteiger partial charge in [0.05, 0.1) is 11.4 Å². The predicted octanol–water partition coefficient (Wildman–Crippen LogP) is 2.08. The van der Waals surface area contributed by atoms with Gasteiger partial charge in [-0.1, -0.05) is 12.1 Å². The number of hydrogen-bond donors (Lipinski definition) is 1. The Labute approximate surface area is 159 Å². The Kier molecular flexibility index (Phi) is 4.19. The number of aromatic nitrogens is 4. The van der Waals surface area contributed by atoms with Crippen LogP contribution >= 0.6 is 0 Å². The van der Waals surface area contributed by atoms with Crippen molar-refractivity contribution in [2.24, 2.45) is 0 Å². The first kappa shape index (κ1) is 17.5. The molecule has 0 atom stereocenters. The molecule has 28 heavy (non-hydrogen) atoms. The molecule has 0 unspecified atom stereocenters. The highest BCUT2D eigenvalue weighted by atomic mass is 16.2. The lowest BCUT2D eigenvalue weighted by Gasteiger charge is -2.12. The first-order chi connectivity index (χ1) is 13.5. The fraction of sp³-hybridized carbons (Fsp3) is 0.0952. The summed E-state index contributed by atoms with van der Waals surface area (Å²) >= 11 is 0. The van der Waals surface area contributed by atoms with Crippen LogP contribution in [-0.2, 0) is 0 Å². The summed E-state index contributed by atoms with van der Waals surface area (Å²) < 4.78 is 3.87. The van der Waals surface area contributed by atoms with Gasteiger partial charge in [-0.2, -0.15) is 0 Å². The van der Waals surface area contributed by atoms with Crippen molar-refractivity contribution in [3.8, 4) is 17.1 Å². The number of aryl methyl sites for hydroxylation is 2. The molecule has 2 aromatic heterocycles. The van der Waals surface area contributed by atoms with Gasteiger partial charge in [0.1, 0.15) is 0 Å². The highest BCUT2D eigenvalue weighted by Crippen LogP contribution is 2.17. The molecule has 0 aliphatic heterocycles. The van der Waals surface area contributed by atoms with Crippen LogP contribution in [0.4, 0.5) is 0 Å². The van der Waals surface area contributed by atoms with Gasteiger partial charge in [0, 0.05) is 18.1 Å². The molecule has 0 fully saturated rings. The van der Waals surface area contributed by atoms with Gasteiger partial charge in [-0.3, -0.25) is 4.98 Å². The molecule has 0 saturated carbocycles. The Morgan fingerprint density at radius 3 is 2.00 bits per heavy atom. The summed E-state index contributed by atoms with van der Waals surface area (Å²) in [5, 5.41) is 0. The van der Waals surface area contributed by atoms with Crippen molar-refractivity contribution >= 4 is 0 Å². The van der Waals surface area contributed by atoms with Gasteiger partial charge < -0.3 is 4.57 Å². The van der Waals surface area contributed by atoms with E-state index in [0.29, 0.717) is 11.4 Å². The summed E-state index contributed by atoms with van der Waals surface area (Å²) in [6, 6.07) is 16.1. The smallest absolute Gasteiger partial charge is 0.324 e. The molecule has 0 aliphatic rings. The third-order valence-electron chi connectivity index (χ3n) is 4.58. The molecule has 0 aliphatic carbocycles. The molecule has 0 spiro atoms. The second-order valence-electron chi connectivity index (χ2n) is 6.59. The minimum Gasteiger partial charge on any atom is -0.324 e. The third kappa shape index (κ3) is 2.92. The van der Waals surface area contributed by atoms with Gasteiger partial charge in [0.15, 0.2) is 0 Å². The number of nitrogens with one attached hydrogen (secondary N) is 1. The Morgan fingerprint density at radius 1 is 0.750 bits per heavy atom. The Bertz CT molecular complexity index is 1340. The molecule has 140 valence electrons. The minimum atomic E-state index is -0.771. The van der Waals surface area contributed by atoms with E-state index in [1.807, 2.05) is 55.1 Å². The van der Waals surface area contributed by atoms with E-state index in [1.165, 1.54) is 0 Å². The topological polar surface area (TPSA) is 81.8 Å². The Balaban J connectivity index is 1.93. The largest absolute Gasteiger partial charge is 0.345 e. The second kappa shape index (κ2) is 6.70. The maximum Gasteiger partial charge on any atom is 0.345 e. The van der Waals surface area contributed by atoms with E-state index >= 15 is 0 Å². The zero-order chi connectivity index (χ0) is 19.8. The fourth-order valence-corrected chi connectivity index (χ4v) is 3.26. The van der Waals surface area contributed by atoms with Crippen LogP contribution in [0.25, 0.3) is 17.1 Å². The van der Waals surface area contributed by atoms with Crippen LogP contribution in [0, 0.1) is 13.8 Å². The fourth-order valence-electron chi connectivity index (χ4n) is 3.26. The molecule has 1 N–H and O–H groups in total.